The Morgan fingerprint density at radius 3 is 2.60 bits per heavy atom. The van der Waals surface area contributed by atoms with Crippen LogP contribution in [0.4, 0.5) is 0 Å². The number of hydrogen-bond donors (Lipinski definition) is 1. The minimum atomic E-state index is -0.929. The zero-order chi connectivity index (χ0) is 11.6. The van der Waals surface area contributed by atoms with E-state index >= 15 is 0 Å². The van der Waals surface area contributed by atoms with E-state index in [2.05, 4.69) is 4.74 Å². The van der Waals surface area contributed by atoms with Crippen molar-refractivity contribution in [3.8, 4) is 0 Å². The Morgan fingerprint density at radius 2 is 2.13 bits per heavy atom. The number of allylic oxidation sites excluding steroid dienone is 2. The average molecular weight is 212 g/mol. The van der Waals surface area contributed by atoms with Crippen molar-refractivity contribution in [2.75, 3.05) is 7.11 Å². The third kappa shape index (κ3) is 2.37. The van der Waals surface area contributed by atoms with E-state index in [1.54, 1.807) is 0 Å². The fourth-order valence-corrected chi connectivity index (χ4v) is 2.24. The van der Waals surface area contributed by atoms with Crippen molar-refractivity contribution >= 4 is 11.9 Å². The molecule has 3 unspecified atom stereocenters. The van der Waals surface area contributed by atoms with Crippen LogP contribution >= 0.6 is 0 Å². The maximum atomic E-state index is 11.5. The Morgan fingerprint density at radius 1 is 1.53 bits per heavy atom. The molecule has 0 bridgehead atoms. The largest absolute Gasteiger partial charge is 0.481 e. The van der Waals surface area contributed by atoms with Crippen LogP contribution in [0.2, 0.25) is 0 Å². The van der Waals surface area contributed by atoms with Gasteiger partial charge < -0.3 is 9.84 Å². The maximum absolute atomic E-state index is 11.5. The summed E-state index contributed by atoms with van der Waals surface area (Å²) in [5.74, 6) is -2.70. The van der Waals surface area contributed by atoms with Crippen LogP contribution in [0.1, 0.15) is 20.3 Å². The van der Waals surface area contributed by atoms with Gasteiger partial charge in [-0.05, 0) is 19.3 Å². The van der Waals surface area contributed by atoms with E-state index < -0.39 is 23.8 Å². The molecule has 0 radical (unpaired) electrons. The molecule has 0 spiro atoms. The first-order valence-electron chi connectivity index (χ1n) is 4.95. The van der Waals surface area contributed by atoms with Crippen LogP contribution in [0.3, 0.4) is 0 Å². The third-order valence-corrected chi connectivity index (χ3v) is 2.88. The molecule has 3 atom stereocenters. The molecule has 15 heavy (non-hydrogen) atoms. The zero-order valence-corrected chi connectivity index (χ0v) is 9.19. The molecule has 0 aliphatic heterocycles. The summed E-state index contributed by atoms with van der Waals surface area (Å²) >= 11 is 0. The Kier molecular flexibility index (Phi) is 3.50. The molecule has 0 heterocycles. The van der Waals surface area contributed by atoms with Gasteiger partial charge in [-0.3, -0.25) is 9.59 Å². The number of carboxylic acids is 1. The highest BCUT2D eigenvalue weighted by molar-refractivity contribution is 5.82. The Balaban J connectivity index is 2.97. The number of carboxylic acid groups (broad SMARTS) is 1. The molecular formula is C11H16O4. The summed E-state index contributed by atoms with van der Waals surface area (Å²) in [6.45, 7) is 3.72. The van der Waals surface area contributed by atoms with Gasteiger partial charge in [0, 0.05) is 0 Å². The third-order valence-electron chi connectivity index (χ3n) is 2.88. The lowest BCUT2D eigenvalue weighted by Gasteiger charge is -2.30. The van der Waals surface area contributed by atoms with Gasteiger partial charge in [-0.25, -0.2) is 0 Å². The number of rotatable bonds is 2. The number of carbonyl (C=O) groups is 2. The molecule has 1 rings (SSSR count). The minimum absolute atomic E-state index is 0.125. The van der Waals surface area contributed by atoms with E-state index in [0.29, 0.717) is 6.42 Å². The number of esters is 1. The van der Waals surface area contributed by atoms with Crippen LogP contribution in [0, 0.1) is 17.8 Å². The highest BCUT2D eigenvalue weighted by Crippen LogP contribution is 2.34. The number of ether oxygens (including phenoxy) is 1. The lowest BCUT2D eigenvalue weighted by molar-refractivity contribution is -0.157. The highest BCUT2D eigenvalue weighted by Gasteiger charge is 2.40. The zero-order valence-electron chi connectivity index (χ0n) is 9.19. The van der Waals surface area contributed by atoms with E-state index in [9.17, 15) is 9.59 Å². The van der Waals surface area contributed by atoms with Gasteiger partial charge in [0.1, 0.15) is 0 Å². The van der Waals surface area contributed by atoms with Crippen LogP contribution in [-0.4, -0.2) is 24.2 Å². The van der Waals surface area contributed by atoms with Crippen LogP contribution in [0.5, 0.6) is 0 Å². The summed E-state index contributed by atoms with van der Waals surface area (Å²) < 4.78 is 4.64. The molecule has 0 amide bonds. The summed E-state index contributed by atoms with van der Waals surface area (Å²) in [6, 6.07) is 0. The van der Waals surface area contributed by atoms with Crippen molar-refractivity contribution in [3.05, 3.63) is 11.6 Å². The molecule has 0 saturated carbocycles. The predicted octanol–water partition coefficient (Wildman–Crippen LogP) is 1.46. The van der Waals surface area contributed by atoms with Gasteiger partial charge >= 0.3 is 11.9 Å². The normalized spacial score (nSPS) is 30.6. The lowest BCUT2D eigenvalue weighted by atomic mass is 9.74. The van der Waals surface area contributed by atoms with Crippen molar-refractivity contribution in [3.63, 3.8) is 0 Å². The van der Waals surface area contributed by atoms with E-state index in [1.807, 2.05) is 19.9 Å². The molecule has 1 aliphatic carbocycles. The Bertz CT molecular complexity index is 306. The SMILES string of the molecule is COC(=O)C1CC(C)=CC(C)C1C(=O)O. The average Bonchev–Trinajstić information content (AvgIpc) is 2.14. The lowest BCUT2D eigenvalue weighted by Crippen LogP contribution is -2.37. The molecule has 1 N–H and O–H groups in total. The quantitative estimate of drug-likeness (QED) is 0.556. The fourth-order valence-electron chi connectivity index (χ4n) is 2.24. The van der Waals surface area contributed by atoms with Gasteiger partial charge in [-0.2, -0.15) is 0 Å². The molecule has 0 fully saturated rings. The standard InChI is InChI=1S/C11H16O4/c1-6-4-7(2)9(10(12)13)8(5-6)11(14)15-3/h4,7-9H,5H2,1-3H3,(H,12,13). The van der Waals surface area contributed by atoms with Crippen LogP contribution in [0.15, 0.2) is 11.6 Å². The Hall–Kier alpha value is -1.32. The first-order chi connectivity index (χ1) is 6.97. The molecule has 0 aromatic carbocycles. The Labute approximate surface area is 88.9 Å². The van der Waals surface area contributed by atoms with Gasteiger partial charge in [0.15, 0.2) is 0 Å². The number of methoxy groups -OCH3 is 1. The van der Waals surface area contributed by atoms with Gasteiger partial charge in [0.05, 0.1) is 18.9 Å². The van der Waals surface area contributed by atoms with E-state index in [-0.39, 0.29) is 5.92 Å². The smallest absolute Gasteiger partial charge is 0.309 e. The van der Waals surface area contributed by atoms with E-state index in [0.717, 1.165) is 5.57 Å². The van der Waals surface area contributed by atoms with Crippen molar-refractivity contribution < 1.29 is 19.4 Å². The van der Waals surface area contributed by atoms with E-state index in [1.165, 1.54) is 7.11 Å². The van der Waals surface area contributed by atoms with Crippen molar-refractivity contribution in [2.45, 2.75) is 20.3 Å². The molecule has 0 aromatic rings. The van der Waals surface area contributed by atoms with Crippen molar-refractivity contribution in [2.24, 2.45) is 17.8 Å². The second-order valence-corrected chi connectivity index (χ2v) is 4.07. The second-order valence-electron chi connectivity index (χ2n) is 4.07. The first-order valence-corrected chi connectivity index (χ1v) is 4.95. The van der Waals surface area contributed by atoms with Gasteiger partial charge in [0.25, 0.3) is 0 Å². The number of carbonyl (C=O) groups excluding carboxylic acids is 1. The summed E-state index contributed by atoms with van der Waals surface area (Å²) in [6.07, 6.45) is 2.40. The molecule has 4 nitrogen and oxygen atoms in total. The molecule has 0 saturated heterocycles. The first kappa shape index (κ1) is 11.8. The minimum Gasteiger partial charge on any atom is -0.481 e. The van der Waals surface area contributed by atoms with Gasteiger partial charge in [0.2, 0.25) is 0 Å². The summed E-state index contributed by atoms with van der Waals surface area (Å²) in [5, 5.41) is 9.07. The number of aliphatic carboxylic acids is 1. The maximum Gasteiger partial charge on any atom is 0.309 e. The molecular weight excluding hydrogens is 196 g/mol. The molecule has 84 valence electrons. The second kappa shape index (κ2) is 4.47. The topological polar surface area (TPSA) is 63.6 Å². The number of hydrogen-bond acceptors (Lipinski definition) is 3. The molecule has 0 aromatic heterocycles. The fraction of sp³-hybridized carbons (Fsp3) is 0.636. The van der Waals surface area contributed by atoms with Crippen LogP contribution in [0.25, 0.3) is 0 Å². The van der Waals surface area contributed by atoms with Crippen LogP contribution in [-0.2, 0) is 14.3 Å². The predicted molar refractivity (Wildman–Crippen MR) is 54.2 cm³/mol. The summed E-state index contributed by atoms with van der Waals surface area (Å²) in [4.78, 5) is 22.5. The van der Waals surface area contributed by atoms with Gasteiger partial charge in [-0.15, -0.1) is 0 Å². The molecule has 1 aliphatic rings. The van der Waals surface area contributed by atoms with Gasteiger partial charge in [-0.1, -0.05) is 18.6 Å². The van der Waals surface area contributed by atoms with Crippen molar-refractivity contribution in [1.82, 2.24) is 0 Å². The van der Waals surface area contributed by atoms with Crippen molar-refractivity contribution in [1.29, 1.82) is 0 Å². The van der Waals surface area contributed by atoms with E-state index in [4.69, 9.17) is 5.11 Å². The highest BCUT2D eigenvalue weighted by atomic mass is 16.5. The summed E-state index contributed by atoms with van der Waals surface area (Å²) in [5.41, 5.74) is 1.05. The monoisotopic (exact) mass is 212 g/mol. The van der Waals surface area contributed by atoms with Crippen LogP contribution < -0.4 is 0 Å². The summed E-state index contributed by atoms with van der Waals surface area (Å²) in [7, 11) is 1.29. The molecule has 4 heteroatoms.